The topological polar surface area (TPSA) is 26.3 Å². The van der Waals surface area contributed by atoms with Crippen LogP contribution in [0.4, 0.5) is 0 Å². The molecule has 0 aromatic heterocycles. The van der Waals surface area contributed by atoms with Gasteiger partial charge in [-0.3, -0.25) is 4.79 Å². The molecule has 0 unspecified atom stereocenters. The van der Waals surface area contributed by atoms with Gasteiger partial charge < -0.3 is 4.74 Å². The Bertz CT molecular complexity index is 400. The number of hydrogen-bond donors (Lipinski definition) is 0. The molecule has 1 saturated heterocycles. The average molecular weight is 230 g/mol. The number of benzene rings is 1. The molecule has 2 nitrogen and oxygen atoms in total. The van der Waals surface area contributed by atoms with Crippen LogP contribution in [0.25, 0.3) is 0 Å². The Kier molecular flexibility index (Phi) is 2.75. The van der Waals surface area contributed by atoms with E-state index in [4.69, 9.17) is 4.74 Å². The first-order valence-corrected chi connectivity index (χ1v) is 6.50. The highest BCUT2D eigenvalue weighted by Crippen LogP contribution is 2.44. The van der Waals surface area contributed by atoms with Crippen LogP contribution in [-0.4, -0.2) is 19.0 Å². The highest BCUT2D eigenvalue weighted by Gasteiger charge is 2.47. The summed E-state index contributed by atoms with van der Waals surface area (Å²) in [4.78, 5) is 12.6. The van der Waals surface area contributed by atoms with Crippen LogP contribution < -0.4 is 0 Å². The Labute approximate surface area is 102 Å². The molecular formula is C15H18O2. The van der Waals surface area contributed by atoms with Crippen LogP contribution in [0.1, 0.15) is 31.2 Å². The van der Waals surface area contributed by atoms with Gasteiger partial charge >= 0.3 is 0 Å². The Balaban J connectivity index is 1.97. The van der Waals surface area contributed by atoms with E-state index in [1.807, 2.05) is 18.2 Å². The van der Waals surface area contributed by atoms with Gasteiger partial charge in [0.15, 0.2) is 0 Å². The summed E-state index contributed by atoms with van der Waals surface area (Å²) in [5.74, 6) is 0.792. The fraction of sp³-hybridized carbons (Fsp3) is 0.533. The molecule has 17 heavy (non-hydrogen) atoms. The van der Waals surface area contributed by atoms with Gasteiger partial charge in [0.25, 0.3) is 0 Å². The third-order valence-corrected chi connectivity index (χ3v) is 4.09. The number of ketones is 1. The van der Waals surface area contributed by atoms with Crippen LogP contribution in [0.3, 0.4) is 0 Å². The molecular weight excluding hydrogens is 212 g/mol. The van der Waals surface area contributed by atoms with Crippen molar-refractivity contribution in [3.8, 4) is 0 Å². The first-order chi connectivity index (χ1) is 8.33. The third-order valence-electron chi connectivity index (χ3n) is 4.09. The van der Waals surface area contributed by atoms with Crippen molar-refractivity contribution in [1.29, 1.82) is 0 Å². The Morgan fingerprint density at radius 1 is 1.12 bits per heavy atom. The molecule has 3 rings (SSSR count). The molecule has 2 fully saturated rings. The lowest BCUT2D eigenvalue weighted by atomic mass is 9.69. The van der Waals surface area contributed by atoms with Crippen LogP contribution in [0.15, 0.2) is 30.3 Å². The van der Waals surface area contributed by atoms with E-state index in [0.717, 1.165) is 25.7 Å². The summed E-state index contributed by atoms with van der Waals surface area (Å²) in [6, 6.07) is 10.3. The summed E-state index contributed by atoms with van der Waals surface area (Å²) >= 11 is 0. The van der Waals surface area contributed by atoms with Gasteiger partial charge in [-0.15, -0.1) is 0 Å². The second-order valence-corrected chi connectivity index (χ2v) is 5.20. The minimum Gasteiger partial charge on any atom is -0.381 e. The summed E-state index contributed by atoms with van der Waals surface area (Å²) in [6.07, 6.45) is 3.89. The Morgan fingerprint density at radius 3 is 2.35 bits per heavy atom. The summed E-state index contributed by atoms with van der Waals surface area (Å²) in [6.45, 7) is 1.43. The van der Waals surface area contributed by atoms with E-state index in [-0.39, 0.29) is 5.41 Å². The molecule has 0 atom stereocenters. The van der Waals surface area contributed by atoms with E-state index in [1.54, 1.807) is 0 Å². The van der Waals surface area contributed by atoms with E-state index in [0.29, 0.717) is 24.9 Å². The van der Waals surface area contributed by atoms with Crippen molar-refractivity contribution < 1.29 is 9.53 Å². The molecule has 1 aliphatic carbocycles. The molecule has 1 aromatic rings. The molecule has 2 heteroatoms. The van der Waals surface area contributed by atoms with Crippen molar-refractivity contribution in [3.05, 3.63) is 35.9 Å². The Morgan fingerprint density at radius 2 is 1.76 bits per heavy atom. The lowest BCUT2D eigenvalue weighted by Gasteiger charge is -2.36. The molecule has 1 heterocycles. The van der Waals surface area contributed by atoms with Gasteiger partial charge in [0, 0.05) is 19.1 Å². The van der Waals surface area contributed by atoms with Crippen LogP contribution in [0.2, 0.25) is 0 Å². The summed E-state index contributed by atoms with van der Waals surface area (Å²) in [5.41, 5.74) is 0.945. The van der Waals surface area contributed by atoms with Crippen LogP contribution >= 0.6 is 0 Å². The number of ether oxygens (including phenoxy) is 1. The van der Waals surface area contributed by atoms with Gasteiger partial charge in [-0.25, -0.2) is 0 Å². The SMILES string of the molecule is O=C(C1CC1)C1(c2ccccc2)CCOCC1. The quantitative estimate of drug-likeness (QED) is 0.798. The van der Waals surface area contributed by atoms with E-state index in [2.05, 4.69) is 12.1 Å². The maximum atomic E-state index is 12.6. The van der Waals surface area contributed by atoms with E-state index < -0.39 is 0 Å². The second kappa shape index (κ2) is 4.26. The van der Waals surface area contributed by atoms with Crippen LogP contribution in [0.5, 0.6) is 0 Å². The van der Waals surface area contributed by atoms with Crippen molar-refractivity contribution in [1.82, 2.24) is 0 Å². The predicted octanol–water partition coefficient (Wildman–Crippen LogP) is 2.71. The largest absolute Gasteiger partial charge is 0.381 e. The number of carbonyl (C=O) groups is 1. The van der Waals surface area contributed by atoms with Crippen molar-refractivity contribution in [2.24, 2.45) is 5.92 Å². The van der Waals surface area contributed by atoms with E-state index in [1.165, 1.54) is 5.56 Å². The zero-order chi connectivity index (χ0) is 11.7. The fourth-order valence-corrected chi connectivity index (χ4v) is 2.89. The minimum atomic E-state index is -0.249. The van der Waals surface area contributed by atoms with Gasteiger partial charge in [0.2, 0.25) is 0 Å². The normalized spacial score (nSPS) is 23.3. The van der Waals surface area contributed by atoms with Crippen LogP contribution in [-0.2, 0) is 14.9 Å². The summed E-state index contributed by atoms with van der Waals surface area (Å²) < 4.78 is 5.44. The molecule has 0 bridgehead atoms. The van der Waals surface area contributed by atoms with Crippen molar-refractivity contribution >= 4 is 5.78 Å². The molecule has 1 saturated carbocycles. The molecule has 0 N–H and O–H groups in total. The van der Waals surface area contributed by atoms with E-state index >= 15 is 0 Å². The molecule has 1 aliphatic heterocycles. The fourth-order valence-electron chi connectivity index (χ4n) is 2.89. The van der Waals surface area contributed by atoms with E-state index in [9.17, 15) is 4.79 Å². The lowest BCUT2D eigenvalue weighted by molar-refractivity contribution is -0.129. The molecule has 0 amide bonds. The highest BCUT2D eigenvalue weighted by molar-refractivity contribution is 5.93. The van der Waals surface area contributed by atoms with Gasteiger partial charge in [-0.05, 0) is 31.2 Å². The molecule has 90 valence electrons. The number of hydrogen-bond acceptors (Lipinski definition) is 2. The van der Waals surface area contributed by atoms with Crippen LogP contribution in [0, 0.1) is 5.92 Å². The van der Waals surface area contributed by atoms with Gasteiger partial charge in [0.1, 0.15) is 5.78 Å². The van der Waals surface area contributed by atoms with Gasteiger partial charge in [-0.2, -0.15) is 0 Å². The average Bonchev–Trinajstić information content (AvgIpc) is 3.24. The van der Waals surface area contributed by atoms with Gasteiger partial charge in [-0.1, -0.05) is 30.3 Å². The monoisotopic (exact) mass is 230 g/mol. The van der Waals surface area contributed by atoms with Crippen molar-refractivity contribution in [3.63, 3.8) is 0 Å². The zero-order valence-electron chi connectivity index (χ0n) is 10.0. The number of rotatable bonds is 3. The molecule has 2 aliphatic rings. The Hall–Kier alpha value is -1.15. The van der Waals surface area contributed by atoms with Crippen molar-refractivity contribution in [2.75, 3.05) is 13.2 Å². The summed E-state index contributed by atoms with van der Waals surface area (Å²) in [5, 5.41) is 0. The van der Waals surface area contributed by atoms with Crippen molar-refractivity contribution in [2.45, 2.75) is 31.1 Å². The number of carbonyl (C=O) groups excluding carboxylic acids is 1. The molecule has 0 radical (unpaired) electrons. The highest BCUT2D eigenvalue weighted by atomic mass is 16.5. The minimum absolute atomic E-state index is 0.249. The number of Topliss-reactive ketones (excluding diaryl/α,β-unsaturated/α-hetero) is 1. The maximum Gasteiger partial charge on any atom is 0.146 e. The molecule has 1 aromatic carbocycles. The van der Waals surface area contributed by atoms with Gasteiger partial charge in [0.05, 0.1) is 5.41 Å². The first kappa shape index (κ1) is 11.0. The third kappa shape index (κ3) is 1.91. The smallest absolute Gasteiger partial charge is 0.146 e. The second-order valence-electron chi connectivity index (χ2n) is 5.20. The summed E-state index contributed by atoms with van der Waals surface area (Å²) in [7, 11) is 0. The predicted molar refractivity (Wildman–Crippen MR) is 65.9 cm³/mol. The standard InChI is InChI=1S/C15H18O2/c16-14(12-6-7-12)15(8-10-17-11-9-15)13-4-2-1-3-5-13/h1-5,12H,6-11H2. The maximum absolute atomic E-state index is 12.6. The first-order valence-electron chi connectivity index (χ1n) is 6.50. The lowest BCUT2D eigenvalue weighted by Crippen LogP contribution is -2.42. The molecule has 0 spiro atoms. The zero-order valence-corrected chi connectivity index (χ0v) is 10.0.